The first-order valence-corrected chi connectivity index (χ1v) is 5.86. The van der Waals surface area contributed by atoms with Crippen molar-refractivity contribution in [3.8, 4) is 0 Å². The van der Waals surface area contributed by atoms with E-state index in [4.69, 9.17) is 5.11 Å². The van der Waals surface area contributed by atoms with E-state index in [0.717, 1.165) is 0 Å². The molecule has 0 radical (unpaired) electrons. The third kappa shape index (κ3) is 3.12. The second kappa shape index (κ2) is 5.40. The molecule has 1 aromatic rings. The Hall–Kier alpha value is -1.23. The predicted molar refractivity (Wildman–Crippen MR) is 64.4 cm³/mol. The topological polar surface area (TPSA) is 54.4 Å². The number of ketones is 1. The molecule has 5 heteroatoms. The van der Waals surface area contributed by atoms with Gasteiger partial charge in [0.05, 0.1) is 10.4 Å². The van der Waals surface area contributed by atoms with Crippen LogP contribution < -0.4 is 0 Å². The summed E-state index contributed by atoms with van der Waals surface area (Å²) in [7, 11) is 0. The van der Waals surface area contributed by atoms with Gasteiger partial charge in [0, 0.05) is 11.5 Å². The highest BCUT2D eigenvalue weighted by atomic mass is 79.9. The summed E-state index contributed by atoms with van der Waals surface area (Å²) in [5.74, 6) is -3.20. The summed E-state index contributed by atoms with van der Waals surface area (Å²) in [6, 6.07) is 3.89. The Morgan fingerprint density at radius 1 is 1.29 bits per heavy atom. The van der Waals surface area contributed by atoms with Gasteiger partial charge in [-0.15, -0.1) is 0 Å². The molecule has 92 valence electrons. The average Bonchev–Trinajstić information content (AvgIpc) is 2.29. The van der Waals surface area contributed by atoms with Gasteiger partial charge in [-0.05, 0) is 34.1 Å². The molecule has 1 rings (SSSR count). The van der Waals surface area contributed by atoms with Crippen LogP contribution in [0.25, 0.3) is 0 Å². The molecule has 0 bridgehead atoms. The van der Waals surface area contributed by atoms with Gasteiger partial charge in [-0.3, -0.25) is 9.59 Å². The number of carbonyl (C=O) groups excluding carboxylic acids is 1. The normalized spacial score (nSPS) is 14.1. The fraction of sp³-hybridized carbons (Fsp3) is 0.333. The lowest BCUT2D eigenvalue weighted by Gasteiger charge is -2.14. The summed E-state index contributed by atoms with van der Waals surface area (Å²) in [6.45, 7) is 3.03. The molecule has 1 aromatic carbocycles. The number of carboxylic acid groups (broad SMARTS) is 1. The van der Waals surface area contributed by atoms with E-state index < -0.39 is 23.6 Å². The molecular weight excluding hydrogens is 291 g/mol. The smallest absolute Gasteiger partial charge is 0.306 e. The highest BCUT2D eigenvalue weighted by Crippen LogP contribution is 2.22. The van der Waals surface area contributed by atoms with E-state index in [0.29, 0.717) is 5.56 Å². The largest absolute Gasteiger partial charge is 0.481 e. The van der Waals surface area contributed by atoms with Gasteiger partial charge in [0.1, 0.15) is 5.82 Å². The number of aliphatic carboxylic acids is 1. The monoisotopic (exact) mass is 302 g/mol. The maximum atomic E-state index is 13.0. The molecule has 0 aromatic heterocycles. The van der Waals surface area contributed by atoms with Crippen LogP contribution in [-0.2, 0) is 4.79 Å². The van der Waals surface area contributed by atoms with Crippen molar-refractivity contribution in [1.29, 1.82) is 0 Å². The third-order valence-corrected chi connectivity index (χ3v) is 3.36. The van der Waals surface area contributed by atoms with Crippen LogP contribution in [0, 0.1) is 17.7 Å². The van der Waals surface area contributed by atoms with Crippen LogP contribution in [0.4, 0.5) is 4.39 Å². The Morgan fingerprint density at radius 3 is 2.35 bits per heavy atom. The van der Waals surface area contributed by atoms with Crippen LogP contribution in [0.2, 0.25) is 0 Å². The van der Waals surface area contributed by atoms with Gasteiger partial charge in [-0.1, -0.05) is 13.8 Å². The minimum Gasteiger partial charge on any atom is -0.481 e. The first-order valence-electron chi connectivity index (χ1n) is 5.06. The minimum atomic E-state index is -1.02. The number of hydrogen-bond acceptors (Lipinski definition) is 2. The Labute approximate surface area is 107 Å². The van der Waals surface area contributed by atoms with Crippen LogP contribution in [0.15, 0.2) is 22.7 Å². The molecule has 2 unspecified atom stereocenters. The van der Waals surface area contributed by atoms with E-state index in [1.165, 1.54) is 25.1 Å². The maximum absolute atomic E-state index is 13.0. The third-order valence-electron chi connectivity index (χ3n) is 2.76. The fourth-order valence-electron chi connectivity index (χ4n) is 1.35. The molecular formula is C12H12BrFO3. The zero-order valence-corrected chi connectivity index (χ0v) is 11.0. The number of benzene rings is 1. The molecule has 0 saturated heterocycles. The first-order chi connectivity index (χ1) is 7.84. The number of halogens is 2. The van der Waals surface area contributed by atoms with Gasteiger partial charge in [-0.25, -0.2) is 4.39 Å². The molecule has 1 N–H and O–H groups in total. The molecule has 0 heterocycles. The Kier molecular flexibility index (Phi) is 4.40. The first kappa shape index (κ1) is 13.8. The lowest BCUT2D eigenvalue weighted by Crippen LogP contribution is -2.25. The van der Waals surface area contributed by atoms with Gasteiger partial charge >= 0.3 is 5.97 Å². The SMILES string of the molecule is CC(C(=O)O)C(C)C(=O)c1ccc(F)c(Br)c1. The van der Waals surface area contributed by atoms with E-state index in [9.17, 15) is 14.0 Å². The van der Waals surface area contributed by atoms with Gasteiger partial charge in [0.15, 0.2) is 5.78 Å². The molecule has 0 aliphatic heterocycles. The van der Waals surface area contributed by atoms with Crippen molar-refractivity contribution in [3.05, 3.63) is 34.1 Å². The lowest BCUT2D eigenvalue weighted by atomic mass is 9.88. The summed E-state index contributed by atoms with van der Waals surface area (Å²) in [4.78, 5) is 22.7. The van der Waals surface area contributed by atoms with Crippen molar-refractivity contribution in [2.45, 2.75) is 13.8 Å². The number of hydrogen-bond donors (Lipinski definition) is 1. The van der Waals surface area contributed by atoms with Crippen LogP contribution in [-0.4, -0.2) is 16.9 Å². The molecule has 0 amide bonds. The standard InChI is InChI=1S/C12H12BrFO3/c1-6(7(2)12(16)17)11(15)8-3-4-10(14)9(13)5-8/h3-7H,1-2H3,(H,16,17). The lowest BCUT2D eigenvalue weighted by molar-refractivity contribution is -0.142. The van der Waals surface area contributed by atoms with E-state index in [-0.39, 0.29) is 10.3 Å². The summed E-state index contributed by atoms with van der Waals surface area (Å²) >= 11 is 2.99. The van der Waals surface area contributed by atoms with Crippen molar-refractivity contribution < 1.29 is 19.1 Å². The Balaban J connectivity index is 2.96. The predicted octanol–water partition coefficient (Wildman–Crippen LogP) is 3.13. The summed E-state index contributed by atoms with van der Waals surface area (Å²) in [5.41, 5.74) is 0.305. The summed E-state index contributed by atoms with van der Waals surface area (Å²) in [5, 5.41) is 8.83. The zero-order valence-electron chi connectivity index (χ0n) is 9.41. The van der Waals surface area contributed by atoms with E-state index >= 15 is 0 Å². The van der Waals surface area contributed by atoms with E-state index in [1.807, 2.05) is 0 Å². The number of carboxylic acids is 1. The van der Waals surface area contributed by atoms with E-state index in [1.54, 1.807) is 6.92 Å². The van der Waals surface area contributed by atoms with Gasteiger partial charge in [-0.2, -0.15) is 0 Å². The molecule has 3 nitrogen and oxygen atoms in total. The van der Waals surface area contributed by atoms with Crippen molar-refractivity contribution in [1.82, 2.24) is 0 Å². The second-order valence-electron chi connectivity index (χ2n) is 3.91. The second-order valence-corrected chi connectivity index (χ2v) is 4.76. The molecule has 0 fully saturated rings. The van der Waals surface area contributed by atoms with Crippen LogP contribution in [0.5, 0.6) is 0 Å². The van der Waals surface area contributed by atoms with Gasteiger partial charge < -0.3 is 5.11 Å². The van der Waals surface area contributed by atoms with Crippen molar-refractivity contribution in [3.63, 3.8) is 0 Å². The molecule has 0 saturated carbocycles. The quantitative estimate of drug-likeness (QED) is 0.869. The Morgan fingerprint density at radius 2 is 1.88 bits per heavy atom. The fourth-order valence-corrected chi connectivity index (χ4v) is 1.73. The van der Waals surface area contributed by atoms with Crippen molar-refractivity contribution in [2.24, 2.45) is 11.8 Å². The number of rotatable bonds is 4. The number of carbonyl (C=O) groups is 2. The zero-order chi connectivity index (χ0) is 13.2. The molecule has 0 aliphatic rings. The van der Waals surface area contributed by atoms with Crippen LogP contribution >= 0.6 is 15.9 Å². The summed E-state index contributed by atoms with van der Waals surface area (Å²) < 4.78 is 13.2. The van der Waals surface area contributed by atoms with Gasteiger partial charge in [0.2, 0.25) is 0 Å². The van der Waals surface area contributed by atoms with Crippen molar-refractivity contribution in [2.75, 3.05) is 0 Å². The molecule has 0 aliphatic carbocycles. The van der Waals surface area contributed by atoms with Crippen molar-refractivity contribution >= 4 is 27.7 Å². The summed E-state index contributed by atoms with van der Waals surface area (Å²) in [6.07, 6.45) is 0. The molecule has 2 atom stereocenters. The number of Topliss-reactive ketones (excluding diaryl/α,β-unsaturated/α-hetero) is 1. The van der Waals surface area contributed by atoms with Gasteiger partial charge in [0.25, 0.3) is 0 Å². The van der Waals surface area contributed by atoms with E-state index in [2.05, 4.69) is 15.9 Å². The Bertz CT molecular complexity index is 459. The molecule has 17 heavy (non-hydrogen) atoms. The minimum absolute atomic E-state index is 0.193. The van der Waals surface area contributed by atoms with Crippen LogP contribution in [0.3, 0.4) is 0 Å². The van der Waals surface area contributed by atoms with Crippen LogP contribution in [0.1, 0.15) is 24.2 Å². The maximum Gasteiger partial charge on any atom is 0.306 e. The highest BCUT2D eigenvalue weighted by Gasteiger charge is 2.26. The molecule has 0 spiro atoms. The average molecular weight is 303 g/mol. The highest BCUT2D eigenvalue weighted by molar-refractivity contribution is 9.10.